The lowest BCUT2D eigenvalue weighted by molar-refractivity contribution is 0.00895. The predicted octanol–water partition coefficient (Wildman–Crippen LogP) is 3.69. The normalized spacial score (nSPS) is 17.4. The Balaban J connectivity index is 1.24. The van der Waals surface area contributed by atoms with Crippen LogP contribution in [0.25, 0.3) is 0 Å². The van der Waals surface area contributed by atoms with E-state index in [9.17, 15) is 14.7 Å². The number of amides is 3. The average Bonchev–Trinajstić information content (AvgIpc) is 3.03. The smallest absolute Gasteiger partial charge is 0.324 e. The monoisotopic (exact) mass is 587 g/mol. The van der Waals surface area contributed by atoms with Crippen molar-refractivity contribution in [3.05, 3.63) is 108 Å². The van der Waals surface area contributed by atoms with Crippen molar-refractivity contribution in [2.75, 3.05) is 50.4 Å². The van der Waals surface area contributed by atoms with Crippen LogP contribution in [-0.4, -0.2) is 72.3 Å². The highest BCUT2D eigenvalue weighted by Crippen LogP contribution is 2.25. The lowest BCUT2D eigenvalue weighted by Crippen LogP contribution is -2.48. The molecule has 0 radical (unpaired) electrons. The number of hydrogen-bond acceptors (Lipinski definition) is 8. The summed E-state index contributed by atoms with van der Waals surface area (Å²) < 4.78 is 16.8. The largest absolute Gasteiger partial charge is 0.463 e. The third-order valence-corrected chi connectivity index (χ3v) is 7.22. The number of rotatable bonds is 10. The summed E-state index contributed by atoms with van der Waals surface area (Å²) in [6, 6.07) is 13.5. The highest BCUT2D eigenvalue weighted by molar-refractivity contribution is 6.05. The molecular formula is C32H37N5O6. The summed E-state index contributed by atoms with van der Waals surface area (Å²) in [6.07, 6.45) is 9.74. The van der Waals surface area contributed by atoms with E-state index < -0.39 is 12.1 Å². The van der Waals surface area contributed by atoms with Gasteiger partial charge < -0.3 is 35.3 Å². The number of nitrogens with one attached hydrogen (secondary N) is 2. The summed E-state index contributed by atoms with van der Waals surface area (Å²) in [5.74, 6) is 0.388. The van der Waals surface area contributed by atoms with Crippen LogP contribution in [0.15, 0.2) is 96.5 Å². The molecule has 2 aromatic carbocycles. The second-order valence-electron chi connectivity index (χ2n) is 10.5. The van der Waals surface area contributed by atoms with Gasteiger partial charge in [-0.25, -0.2) is 4.79 Å². The average molecular weight is 588 g/mol. The quantitative estimate of drug-likeness (QED) is 0.309. The number of urea groups is 1. The number of para-hydroxylation sites is 2. The molecule has 43 heavy (non-hydrogen) atoms. The van der Waals surface area contributed by atoms with Crippen molar-refractivity contribution >= 4 is 23.3 Å². The molecule has 1 aliphatic carbocycles. The van der Waals surface area contributed by atoms with Crippen LogP contribution < -0.4 is 16.4 Å². The van der Waals surface area contributed by atoms with Crippen LogP contribution in [-0.2, 0) is 20.8 Å². The minimum atomic E-state index is -0.794. The number of aliphatic hydroxyl groups is 1. The molecule has 0 spiro atoms. The summed E-state index contributed by atoms with van der Waals surface area (Å²) in [7, 11) is 0. The van der Waals surface area contributed by atoms with Crippen LogP contribution >= 0.6 is 0 Å². The van der Waals surface area contributed by atoms with Gasteiger partial charge in [0.2, 0.25) is 5.88 Å². The molecule has 1 unspecified atom stereocenters. The number of aliphatic hydroxyl groups excluding tert-OH is 1. The first-order valence-electron chi connectivity index (χ1n) is 14.3. The molecule has 1 atom stereocenters. The highest BCUT2D eigenvalue weighted by Gasteiger charge is 2.24. The minimum Gasteiger partial charge on any atom is -0.463 e. The fourth-order valence-electron chi connectivity index (χ4n) is 4.91. The Kier molecular flexibility index (Phi) is 10.1. The number of nitrogens with zero attached hydrogens (tertiary/aromatic N) is 2. The van der Waals surface area contributed by atoms with Gasteiger partial charge in [0.15, 0.2) is 12.0 Å². The minimum absolute atomic E-state index is 0.0749. The van der Waals surface area contributed by atoms with Crippen LogP contribution in [0.3, 0.4) is 0 Å². The fourth-order valence-corrected chi connectivity index (χ4v) is 4.91. The van der Waals surface area contributed by atoms with E-state index in [1.807, 2.05) is 12.2 Å². The van der Waals surface area contributed by atoms with Gasteiger partial charge in [0.1, 0.15) is 6.26 Å². The SMILES string of the molecule is Nc1ccccc1NC(=O)c1ccc(CN(CC(O)CN2CCOCC2)C(=O)NC2=COC=C(C3=CC=CCC3)O2)cc1. The van der Waals surface area contributed by atoms with Gasteiger partial charge >= 0.3 is 6.03 Å². The lowest BCUT2D eigenvalue weighted by atomic mass is 10.0. The summed E-state index contributed by atoms with van der Waals surface area (Å²) in [6.45, 7) is 3.34. The Morgan fingerprint density at radius 3 is 2.58 bits per heavy atom. The van der Waals surface area contributed by atoms with E-state index in [0.717, 1.165) is 37.1 Å². The van der Waals surface area contributed by atoms with Gasteiger partial charge in [-0.15, -0.1) is 0 Å². The molecular weight excluding hydrogens is 550 g/mol. The van der Waals surface area contributed by atoms with Crippen molar-refractivity contribution < 1.29 is 28.9 Å². The third-order valence-electron chi connectivity index (χ3n) is 7.22. The molecule has 5 N–H and O–H groups in total. The van der Waals surface area contributed by atoms with Gasteiger partial charge in [0, 0.05) is 38.3 Å². The van der Waals surface area contributed by atoms with E-state index >= 15 is 0 Å². The molecule has 2 heterocycles. The Labute approximate surface area is 250 Å². The Bertz CT molecular complexity index is 1410. The number of allylic oxidation sites excluding steroid dienone is 4. The van der Waals surface area contributed by atoms with Crippen molar-refractivity contribution in [2.45, 2.75) is 25.5 Å². The van der Waals surface area contributed by atoms with Crippen molar-refractivity contribution in [3.63, 3.8) is 0 Å². The number of benzene rings is 2. The molecule has 11 heteroatoms. The van der Waals surface area contributed by atoms with Gasteiger partial charge in [-0.1, -0.05) is 42.5 Å². The van der Waals surface area contributed by atoms with Crippen molar-refractivity contribution in [2.24, 2.45) is 0 Å². The topological polar surface area (TPSA) is 139 Å². The molecule has 3 amide bonds. The molecule has 0 saturated carbocycles. The molecule has 11 nitrogen and oxygen atoms in total. The van der Waals surface area contributed by atoms with E-state index in [1.54, 1.807) is 48.5 Å². The maximum Gasteiger partial charge on any atom is 0.324 e. The first kappa shape index (κ1) is 29.9. The summed E-state index contributed by atoms with van der Waals surface area (Å²) in [4.78, 5) is 29.9. The van der Waals surface area contributed by atoms with E-state index in [4.69, 9.17) is 19.9 Å². The third kappa shape index (κ3) is 8.48. The number of carbonyl (C=O) groups is 2. The summed E-state index contributed by atoms with van der Waals surface area (Å²) in [5, 5.41) is 16.5. The van der Waals surface area contributed by atoms with E-state index in [-0.39, 0.29) is 24.9 Å². The van der Waals surface area contributed by atoms with Crippen LogP contribution in [0, 0.1) is 0 Å². The predicted molar refractivity (Wildman–Crippen MR) is 162 cm³/mol. The van der Waals surface area contributed by atoms with Gasteiger partial charge in [-0.2, -0.15) is 0 Å². The molecule has 1 saturated heterocycles. The molecule has 1 fully saturated rings. The molecule has 0 bridgehead atoms. The first-order chi connectivity index (χ1) is 20.9. The van der Waals surface area contributed by atoms with E-state index in [0.29, 0.717) is 42.5 Å². The second-order valence-corrected chi connectivity index (χ2v) is 10.5. The second kappa shape index (κ2) is 14.5. The number of ether oxygens (including phenoxy) is 3. The zero-order chi connectivity index (χ0) is 30.0. The number of anilines is 2. The van der Waals surface area contributed by atoms with Crippen LogP contribution in [0.4, 0.5) is 16.2 Å². The van der Waals surface area contributed by atoms with Gasteiger partial charge in [-0.05, 0) is 48.2 Å². The number of nitrogen functional groups attached to an aromatic ring is 1. The number of β-amino-alcohol motifs (C(OH)–C–C–N with tert-alkyl or cyclic N) is 1. The summed E-state index contributed by atoms with van der Waals surface area (Å²) >= 11 is 0. The number of nitrogens with two attached hydrogens (primary N) is 1. The van der Waals surface area contributed by atoms with Crippen LogP contribution in [0.5, 0.6) is 0 Å². The summed E-state index contributed by atoms with van der Waals surface area (Å²) in [5.41, 5.74) is 9.15. The van der Waals surface area contributed by atoms with Crippen molar-refractivity contribution in [3.8, 4) is 0 Å². The molecule has 5 rings (SSSR count). The fraction of sp³-hybridized carbons (Fsp3) is 0.312. The first-order valence-corrected chi connectivity index (χ1v) is 14.3. The number of hydrogen-bond donors (Lipinski definition) is 4. The maximum atomic E-state index is 13.5. The van der Waals surface area contributed by atoms with E-state index in [2.05, 4.69) is 21.6 Å². The molecule has 2 aliphatic heterocycles. The highest BCUT2D eigenvalue weighted by atomic mass is 16.6. The number of morpholine rings is 1. The van der Waals surface area contributed by atoms with Crippen LogP contribution in [0.2, 0.25) is 0 Å². The maximum absolute atomic E-state index is 13.5. The van der Waals surface area contributed by atoms with Gasteiger partial charge in [0.25, 0.3) is 5.91 Å². The van der Waals surface area contributed by atoms with Crippen LogP contribution in [0.1, 0.15) is 28.8 Å². The van der Waals surface area contributed by atoms with Gasteiger partial charge in [-0.3, -0.25) is 15.0 Å². The number of carbonyl (C=O) groups excluding carboxylic acids is 2. The zero-order valence-corrected chi connectivity index (χ0v) is 23.9. The Hall–Kier alpha value is -4.58. The molecule has 226 valence electrons. The molecule has 0 aromatic heterocycles. The van der Waals surface area contributed by atoms with Crippen molar-refractivity contribution in [1.29, 1.82) is 0 Å². The Morgan fingerprint density at radius 1 is 1.05 bits per heavy atom. The Morgan fingerprint density at radius 2 is 1.84 bits per heavy atom. The zero-order valence-electron chi connectivity index (χ0n) is 23.9. The standard InChI is InChI=1S/C32H37N5O6/c33-27-8-4-5-9-28(27)34-31(39)25-12-10-23(11-13-25)18-37(20-26(38)19-36-14-16-41-17-15-36)32(40)35-30-22-42-21-29(43-30)24-6-2-1-3-7-24/h1-2,4-6,8-13,21-22,26,38H,3,7,14-20,33H2,(H,34,39)(H,35,40). The van der Waals surface area contributed by atoms with Crippen molar-refractivity contribution in [1.82, 2.24) is 15.1 Å². The molecule has 3 aliphatic rings. The van der Waals surface area contributed by atoms with Gasteiger partial charge in [0.05, 0.1) is 30.7 Å². The van der Waals surface area contributed by atoms with E-state index in [1.165, 1.54) is 17.4 Å². The molecule has 2 aromatic rings. The lowest BCUT2D eigenvalue weighted by Gasteiger charge is -2.31.